The van der Waals surface area contributed by atoms with Crippen LogP contribution in [0.25, 0.3) is 0 Å². The highest BCUT2D eigenvalue weighted by atomic mass is 35.5. The van der Waals surface area contributed by atoms with E-state index in [-0.39, 0.29) is 0 Å². The number of hydrogen-bond acceptors (Lipinski definition) is 2. The first-order valence-corrected chi connectivity index (χ1v) is 5.69. The van der Waals surface area contributed by atoms with Crippen LogP contribution in [0.5, 0.6) is 0 Å². The summed E-state index contributed by atoms with van der Waals surface area (Å²) in [6.45, 7) is 3.71. The molecule has 0 radical (unpaired) electrons. The van der Waals surface area contributed by atoms with Gasteiger partial charge in [0.15, 0.2) is 0 Å². The van der Waals surface area contributed by atoms with Gasteiger partial charge in [0.1, 0.15) is 0 Å². The van der Waals surface area contributed by atoms with Crippen molar-refractivity contribution in [1.82, 2.24) is 5.32 Å². The molecule has 1 aliphatic rings. The van der Waals surface area contributed by atoms with E-state index in [1.54, 1.807) is 0 Å². The molecule has 0 unspecified atom stereocenters. The maximum atomic E-state index is 10.5. The van der Waals surface area contributed by atoms with E-state index in [1.165, 1.54) is 0 Å². The zero-order valence-corrected chi connectivity index (χ0v) is 9.64. The van der Waals surface area contributed by atoms with Crippen LogP contribution in [0.1, 0.15) is 24.0 Å². The van der Waals surface area contributed by atoms with Crippen molar-refractivity contribution < 1.29 is 5.11 Å². The van der Waals surface area contributed by atoms with Crippen LogP contribution < -0.4 is 5.32 Å². The summed E-state index contributed by atoms with van der Waals surface area (Å²) >= 11 is 6.14. The molecule has 0 atom stereocenters. The second-order valence-electron chi connectivity index (χ2n) is 4.26. The fourth-order valence-corrected chi connectivity index (χ4v) is 2.40. The minimum Gasteiger partial charge on any atom is -0.385 e. The van der Waals surface area contributed by atoms with Crippen molar-refractivity contribution in [3.8, 4) is 0 Å². The Morgan fingerprint density at radius 2 is 2.00 bits per heavy atom. The smallest absolute Gasteiger partial charge is 0.0935 e. The van der Waals surface area contributed by atoms with Gasteiger partial charge in [-0.1, -0.05) is 29.3 Å². The monoisotopic (exact) mass is 225 g/mol. The molecular weight excluding hydrogens is 210 g/mol. The molecule has 1 fully saturated rings. The largest absolute Gasteiger partial charge is 0.385 e. The molecule has 0 spiro atoms. The van der Waals surface area contributed by atoms with Crippen molar-refractivity contribution in [2.24, 2.45) is 0 Å². The van der Waals surface area contributed by atoms with Crippen molar-refractivity contribution in [2.45, 2.75) is 25.4 Å². The van der Waals surface area contributed by atoms with Crippen LogP contribution in [-0.2, 0) is 5.60 Å². The van der Waals surface area contributed by atoms with Crippen LogP contribution in [0.2, 0.25) is 5.02 Å². The summed E-state index contributed by atoms with van der Waals surface area (Å²) in [5.41, 5.74) is 1.28. The van der Waals surface area contributed by atoms with E-state index in [1.807, 2.05) is 25.1 Å². The molecule has 0 aromatic heterocycles. The predicted octanol–water partition coefficient (Wildman–Crippen LogP) is 2.22. The third kappa shape index (κ3) is 2.17. The first-order chi connectivity index (χ1) is 7.12. The molecule has 1 saturated heterocycles. The van der Waals surface area contributed by atoms with Gasteiger partial charge in [-0.3, -0.25) is 0 Å². The standard InChI is InChI=1S/C12H16ClNO/c1-9-2-3-11(13)10(8-9)12(15)4-6-14-7-5-12/h2-3,8,14-15H,4-7H2,1H3. The van der Waals surface area contributed by atoms with E-state index in [9.17, 15) is 5.11 Å². The quantitative estimate of drug-likeness (QED) is 0.768. The number of rotatable bonds is 1. The van der Waals surface area contributed by atoms with Crippen molar-refractivity contribution >= 4 is 11.6 Å². The minimum absolute atomic E-state index is 0.671. The molecule has 15 heavy (non-hydrogen) atoms. The first kappa shape index (κ1) is 10.9. The summed E-state index contributed by atoms with van der Waals surface area (Å²) in [6.07, 6.45) is 1.46. The van der Waals surface area contributed by atoms with Crippen LogP contribution in [0.4, 0.5) is 0 Å². The average molecular weight is 226 g/mol. The number of aryl methyl sites for hydroxylation is 1. The number of halogens is 1. The van der Waals surface area contributed by atoms with E-state index in [4.69, 9.17) is 11.6 Å². The van der Waals surface area contributed by atoms with Gasteiger partial charge in [0.05, 0.1) is 5.60 Å². The molecule has 2 rings (SSSR count). The summed E-state index contributed by atoms with van der Waals surface area (Å²) in [4.78, 5) is 0. The van der Waals surface area contributed by atoms with Gasteiger partial charge in [-0.15, -0.1) is 0 Å². The van der Waals surface area contributed by atoms with Gasteiger partial charge in [-0.2, -0.15) is 0 Å². The van der Waals surface area contributed by atoms with Crippen molar-refractivity contribution in [1.29, 1.82) is 0 Å². The highest BCUT2D eigenvalue weighted by Gasteiger charge is 2.32. The molecule has 2 N–H and O–H groups in total. The molecule has 1 heterocycles. The highest BCUT2D eigenvalue weighted by Crippen LogP contribution is 2.35. The van der Waals surface area contributed by atoms with Crippen LogP contribution in [0.3, 0.4) is 0 Å². The van der Waals surface area contributed by atoms with E-state index in [0.717, 1.165) is 37.1 Å². The van der Waals surface area contributed by atoms with Gasteiger partial charge >= 0.3 is 0 Å². The molecule has 0 aliphatic carbocycles. The predicted molar refractivity (Wildman–Crippen MR) is 62.2 cm³/mol. The van der Waals surface area contributed by atoms with Gasteiger partial charge in [0.2, 0.25) is 0 Å². The van der Waals surface area contributed by atoms with E-state index < -0.39 is 5.60 Å². The Balaban J connectivity index is 2.38. The minimum atomic E-state index is -0.742. The highest BCUT2D eigenvalue weighted by molar-refractivity contribution is 6.31. The van der Waals surface area contributed by atoms with Crippen molar-refractivity contribution in [3.05, 3.63) is 34.3 Å². The fraction of sp³-hybridized carbons (Fsp3) is 0.500. The lowest BCUT2D eigenvalue weighted by atomic mass is 9.84. The Bertz CT molecular complexity index is 359. The maximum Gasteiger partial charge on any atom is 0.0935 e. The van der Waals surface area contributed by atoms with Gasteiger partial charge in [-0.05, 0) is 38.9 Å². The summed E-state index contributed by atoms with van der Waals surface area (Å²) in [6, 6.07) is 5.83. The van der Waals surface area contributed by atoms with Crippen LogP contribution in [0, 0.1) is 6.92 Å². The number of benzene rings is 1. The second-order valence-corrected chi connectivity index (χ2v) is 4.67. The molecule has 0 saturated carbocycles. The Morgan fingerprint density at radius 3 is 2.67 bits per heavy atom. The number of aliphatic hydroxyl groups is 1. The topological polar surface area (TPSA) is 32.3 Å². The molecule has 3 heteroatoms. The van der Waals surface area contributed by atoms with Gasteiger partial charge in [0, 0.05) is 10.6 Å². The maximum absolute atomic E-state index is 10.5. The van der Waals surface area contributed by atoms with Crippen LogP contribution in [-0.4, -0.2) is 18.2 Å². The number of piperidine rings is 1. The van der Waals surface area contributed by atoms with Gasteiger partial charge < -0.3 is 10.4 Å². The fourth-order valence-electron chi connectivity index (χ4n) is 2.11. The van der Waals surface area contributed by atoms with E-state index in [2.05, 4.69) is 5.32 Å². The normalized spacial score (nSPS) is 20.2. The molecule has 0 amide bonds. The van der Waals surface area contributed by atoms with Crippen LogP contribution in [0.15, 0.2) is 18.2 Å². The van der Waals surface area contributed by atoms with Gasteiger partial charge in [0.25, 0.3) is 0 Å². The zero-order chi connectivity index (χ0) is 10.9. The van der Waals surface area contributed by atoms with Crippen molar-refractivity contribution in [2.75, 3.05) is 13.1 Å². The number of nitrogens with one attached hydrogen (secondary N) is 1. The third-order valence-electron chi connectivity index (χ3n) is 3.05. The molecule has 1 aromatic rings. The average Bonchev–Trinajstić information content (AvgIpc) is 2.23. The summed E-state index contributed by atoms with van der Waals surface area (Å²) in [5, 5.41) is 14.4. The molecular formula is C12H16ClNO. The Hall–Kier alpha value is -0.570. The first-order valence-electron chi connectivity index (χ1n) is 5.31. The summed E-state index contributed by atoms with van der Waals surface area (Å²) < 4.78 is 0. The van der Waals surface area contributed by atoms with E-state index >= 15 is 0 Å². The lowest BCUT2D eigenvalue weighted by Gasteiger charge is -2.33. The Morgan fingerprint density at radius 1 is 1.33 bits per heavy atom. The van der Waals surface area contributed by atoms with E-state index in [0.29, 0.717) is 5.02 Å². The molecule has 2 nitrogen and oxygen atoms in total. The Labute approximate surface area is 95.3 Å². The SMILES string of the molecule is Cc1ccc(Cl)c(C2(O)CCNCC2)c1. The van der Waals surface area contributed by atoms with Gasteiger partial charge in [-0.25, -0.2) is 0 Å². The molecule has 82 valence electrons. The second kappa shape index (κ2) is 4.12. The molecule has 0 bridgehead atoms. The molecule has 1 aromatic carbocycles. The van der Waals surface area contributed by atoms with Crippen molar-refractivity contribution in [3.63, 3.8) is 0 Å². The lowest BCUT2D eigenvalue weighted by molar-refractivity contribution is 0.00599. The number of hydrogen-bond donors (Lipinski definition) is 2. The summed E-state index contributed by atoms with van der Waals surface area (Å²) in [7, 11) is 0. The Kier molecular flexibility index (Phi) is 3.01. The summed E-state index contributed by atoms with van der Waals surface area (Å²) in [5.74, 6) is 0. The van der Waals surface area contributed by atoms with Crippen LogP contribution >= 0.6 is 11.6 Å². The third-order valence-corrected chi connectivity index (χ3v) is 3.38. The lowest BCUT2D eigenvalue weighted by Crippen LogP contribution is -2.39. The molecule has 1 aliphatic heterocycles. The zero-order valence-electron chi connectivity index (χ0n) is 8.89.